The fourth-order valence-corrected chi connectivity index (χ4v) is 3.09. The van der Waals surface area contributed by atoms with Crippen LogP contribution in [0.3, 0.4) is 0 Å². The molecule has 2 rings (SSSR count). The molecule has 0 spiro atoms. The minimum absolute atomic E-state index is 0.0520. The van der Waals surface area contributed by atoms with Crippen molar-refractivity contribution >= 4 is 5.91 Å². The van der Waals surface area contributed by atoms with Crippen molar-refractivity contribution in [3.63, 3.8) is 0 Å². The van der Waals surface area contributed by atoms with E-state index in [9.17, 15) is 9.90 Å². The molecule has 0 aromatic heterocycles. The number of rotatable bonds is 4. The van der Waals surface area contributed by atoms with Gasteiger partial charge in [-0.2, -0.15) is 0 Å². The van der Waals surface area contributed by atoms with Crippen LogP contribution in [0, 0.1) is 0 Å². The summed E-state index contributed by atoms with van der Waals surface area (Å²) >= 11 is 0. The maximum absolute atomic E-state index is 11.1. The molecule has 0 saturated carbocycles. The normalized spacial score (nSPS) is 18.7. The summed E-state index contributed by atoms with van der Waals surface area (Å²) in [6.07, 6.45) is 2.93. The van der Waals surface area contributed by atoms with Gasteiger partial charge in [-0.05, 0) is 25.3 Å². The summed E-state index contributed by atoms with van der Waals surface area (Å²) in [5.74, 6) is 0.430. The van der Waals surface area contributed by atoms with Gasteiger partial charge in [0, 0.05) is 37.7 Å². The monoisotopic (exact) mass is 276 g/mol. The molecule has 4 heteroatoms. The smallest absolute Gasteiger partial charge is 0.217 e. The number of carbonyl (C=O) groups excluding carboxylic acids is 1. The van der Waals surface area contributed by atoms with E-state index in [2.05, 4.69) is 17.1 Å². The van der Waals surface area contributed by atoms with Crippen LogP contribution in [0.2, 0.25) is 0 Å². The maximum atomic E-state index is 11.1. The molecule has 2 N–H and O–H groups in total. The Balaban J connectivity index is 2.01. The molecule has 1 unspecified atom stereocenters. The molecular formula is C16H24N2O2. The first-order chi connectivity index (χ1) is 9.61. The van der Waals surface area contributed by atoms with Gasteiger partial charge < -0.3 is 10.4 Å². The molecule has 1 amide bonds. The Bertz CT molecular complexity index is 454. The van der Waals surface area contributed by atoms with Crippen molar-refractivity contribution < 1.29 is 9.90 Å². The number of likely N-dealkylation sites (tertiary alicyclic amines) is 1. The number of nitrogens with one attached hydrogen (secondary N) is 1. The summed E-state index contributed by atoms with van der Waals surface area (Å²) < 4.78 is 0. The van der Waals surface area contributed by atoms with Crippen LogP contribution in [0.25, 0.3) is 0 Å². The third kappa shape index (κ3) is 3.51. The van der Waals surface area contributed by atoms with Gasteiger partial charge in [-0.1, -0.05) is 25.1 Å². The Morgan fingerprint density at radius 3 is 2.60 bits per heavy atom. The summed E-state index contributed by atoms with van der Waals surface area (Å²) in [6.45, 7) is 5.63. The standard InChI is InChI=1S/C16H24N2O2/c1-3-15(14-6-4-5-7-16(14)20)18-10-8-13(9-11-18)17-12(2)19/h4-7,13,15,20H,3,8-11H2,1-2H3,(H,17,19). The van der Waals surface area contributed by atoms with E-state index in [0.29, 0.717) is 11.8 Å². The number of phenolic OH excluding ortho intramolecular Hbond substituents is 1. The molecule has 1 fully saturated rings. The van der Waals surface area contributed by atoms with E-state index < -0.39 is 0 Å². The molecule has 0 radical (unpaired) electrons. The van der Waals surface area contributed by atoms with E-state index in [1.807, 2.05) is 18.2 Å². The van der Waals surface area contributed by atoms with Crippen molar-refractivity contribution in [1.29, 1.82) is 0 Å². The van der Waals surface area contributed by atoms with Crippen LogP contribution in [-0.4, -0.2) is 35.0 Å². The van der Waals surface area contributed by atoms with Gasteiger partial charge in [-0.25, -0.2) is 0 Å². The highest BCUT2D eigenvalue weighted by Crippen LogP contribution is 2.32. The second-order valence-corrected chi connectivity index (χ2v) is 5.49. The molecule has 1 saturated heterocycles. The number of para-hydroxylation sites is 1. The van der Waals surface area contributed by atoms with E-state index in [-0.39, 0.29) is 11.9 Å². The van der Waals surface area contributed by atoms with E-state index in [1.165, 1.54) is 0 Å². The van der Waals surface area contributed by atoms with Gasteiger partial charge >= 0.3 is 0 Å². The lowest BCUT2D eigenvalue weighted by molar-refractivity contribution is -0.120. The molecular weight excluding hydrogens is 252 g/mol. The van der Waals surface area contributed by atoms with Gasteiger partial charge in [0.15, 0.2) is 0 Å². The molecule has 20 heavy (non-hydrogen) atoms. The fourth-order valence-electron chi connectivity index (χ4n) is 3.09. The number of piperidine rings is 1. The SMILES string of the molecule is CCC(c1ccccc1O)N1CCC(NC(C)=O)CC1. The summed E-state index contributed by atoms with van der Waals surface area (Å²) in [5.41, 5.74) is 1.01. The highest BCUT2D eigenvalue weighted by molar-refractivity contribution is 5.73. The molecule has 0 aliphatic carbocycles. The second-order valence-electron chi connectivity index (χ2n) is 5.49. The third-order valence-corrected chi connectivity index (χ3v) is 4.06. The molecule has 1 aromatic carbocycles. The van der Waals surface area contributed by atoms with Crippen LogP contribution in [0.1, 0.15) is 44.7 Å². The van der Waals surface area contributed by atoms with Gasteiger partial charge in [0.05, 0.1) is 0 Å². The number of hydrogen-bond acceptors (Lipinski definition) is 3. The molecule has 1 aliphatic heterocycles. The number of benzene rings is 1. The number of amides is 1. The first-order valence-electron chi connectivity index (χ1n) is 7.40. The first-order valence-corrected chi connectivity index (χ1v) is 7.40. The Labute approximate surface area is 120 Å². The lowest BCUT2D eigenvalue weighted by Gasteiger charge is -2.37. The van der Waals surface area contributed by atoms with Gasteiger partial charge in [0.25, 0.3) is 0 Å². The minimum atomic E-state index is 0.0520. The van der Waals surface area contributed by atoms with Gasteiger partial charge in [-0.15, -0.1) is 0 Å². The highest BCUT2D eigenvalue weighted by Gasteiger charge is 2.26. The maximum Gasteiger partial charge on any atom is 0.217 e. The number of hydrogen-bond donors (Lipinski definition) is 2. The van der Waals surface area contributed by atoms with Crippen molar-refractivity contribution in [2.45, 2.75) is 45.2 Å². The summed E-state index contributed by atoms with van der Waals surface area (Å²) in [6, 6.07) is 8.14. The predicted molar refractivity (Wildman–Crippen MR) is 79.6 cm³/mol. The Morgan fingerprint density at radius 1 is 1.40 bits per heavy atom. The summed E-state index contributed by atoms with van der Waals surface area (Å²) in [5, 5.41) is 13.0. The quantitative estimate of drug-likeness (QED) is 0.888. The number of nitrogens with zero attached hydrogens (tertiary/aromatic N) is 1. The van der Waals surface area contributed by atoms with Crippen molar-refractivity contribution in [2.24, 2.45) is 0 Å². The van der Waals surface area contributed by atoms with Crippen molar-refractivity contribution in [2.75, 3.05) is 13.1 Å². The molecule has 1 aromatic rings. The molecule has 1 aliphatic rings. The summed E-state index contributed by atoms with van der Waals surface area (Å²) in [4.78, 5) is 13.5. The van der Waals surface area contributed by atoms with Crippen molar-refractivity contribution in [3.8, 4) is 5.75 Å². The Hall–Kier alpha value is -1.55. The predicted octanol–water partition coefficient (Wildman–Crippen LogP) is 2.44. The third-order valence-electron chi connectivity index (χ3n) is 4.06. The van der Waals surface area contributed by atoms with Crippen LogP contribution >= 0.6 is 0 Å². The van der Waals surface area contributed by atoms with Gasteiger partial charge in [-0.3, -0.25) is 9.69 Å². The Kier molecular flexibility index (Phi) is 5.01. The fraction of sp³-hybridized carbons (Fsp3) is 0.562. The molecule has 1 atom stereocenters. The number of phenols is 1. The lowest BCUT2D eigenvalue weighted by Crippen LogP contribution is -2.45. The van der Waals surface area contributed by atoms with Crippen molar-refractivity contribution in [1.82, 2.24) is 10.2 Å². The minimum Gasteiger partial charge on any atom is -0.508 e. The van der Waals surface area contributed by atoms with Crippen molar-refractivity contribution in [3.05, 3.63) is 29.8 Å². The zero-order chi connectivity index (χ0) is 14.5. The average molecular weight is 276 g/mol. The first kappa shape index (κ1) is 14.9. The van der Waals surface area contributed by atoms with Crippen LogP contribution in [0.15, 0.2) is 24.3 Å². The van der Waals surface area contributed by atoms with Gasteiger partial charge in [0.2, 0.25) is 5.91 Å². The van der Waals surface area contributed by atoms with Crippen LogP contribution in [0.5, 0.6) is 5.75 Å². The lowest BCUT2D eigenvalue weighted by atomic mass is 9.97. The van der Waals surface area contributed by atoms with Crippen LogP contribution in [0.4, 0.5) is 0 Å². The van der Waals surface area contributed by atoms with E-state index in [0.717, 1.165) is 37.9 Å². The molecule has 110 valence electrons. The van der Waals surface area contributed by atoms with E-state index >= 15 is 0 Å². The Morgan fingerprint density at radius 2 is 2.05 bits per heavy atom. The number of carbonyl (C=O) groups is 1. The topological polar surface area (TPSA) is 52.6 Å². The largest absolute Gasteiger partial charge is 0.508 e. The van der Waals surface area contributed by atoms with Gasteiger partial charge in [0.1, 0.15) is 5.75 Å². The average Bonchev–Trinajstić information content (AvgIpc) is 2.43. The second kappa shape index (κ2) is 6.75. The molecule has 4 nitrogen and oxygen atoms in total. The molecule has 1 heterocycles. The highest BCUT2D eigenvalue weighted by atomic mass is 16.3. The summed E-state index contributed by atoms with van der Waals surface area (Å²) in [7, 11) is 0. The van der Waals surface area contributed by atoms with Crippen LogP contribution in [-0.2, 0) is 4.79 Å². The number of aromatic hydroxyl groups is 1. The molecule has 0 bridgehead atoms. The zero-order valence-corrected chi connectivity index (χ0v) is 12.3. The van der Waals surface area contributed by atoms with Crippen LogP contribution < -0.4 is 5.32 Å². The zero-order valence-electron chi connectivity index (χ0n) is 12.3. The van der Waals surface area contributed by atoms with E-state index in [4.69, 9.17) is 0 Å². The van der Waals surface area contributed by atoms with E-state index in [1.54, 1.807) is 13.0 Å².